The van der Waals surface area contributed by atoms with Gasteiger partial charge >= 0.3 is 0 Å². The molecule has 0 aromatic heterocycles. The number of hydrogen-bond acceptors (Lipinski definition) is 4. The minimum Gasteiger partial charge on any atom is -0.493 e. The smallest absolute Gasteiger partial charge is 0.251 e. The van der Waals surface area contributed by atoms with Gasteiger partial charge in [0, 0.05) is 18.7 Å². The lowest BCUT2D eigenvalue weighted by atomic mass is 10.1. The van der Waals surface area contributed by atoms with Crippen molar-refractivity contribution in [1.82, 2.24) is 10.2 Å². The van der Waals surface area contributed by atoms with Gasteiger partial charge in [-0.1, -0.05) is 13.8 Å². The molecule has 1 aliphatic rings. The fourth-order valence-corrected chi connectivity index (χ4v) is 2.67. The van der Waals surface area contributed by atoms with Crippen LogP contribution in [0.1, 0.15) is 43.5 Å². The maximum Gasteiger partial charge on any atom is 0.251 e. The van der Waals surface area contributed by atoms with Crippen molar-refractivity contribution in [2.24, 2.45) is 5.92 Å². The van der Waals surface area contributed by atoms with Crippen LogP contribution in [0.2, 0.25) is 0 Å². The van der Waals surface area contributed by atoms with Gasteiger partial charge in [-0.15, -0.1) is 0 Å². The number of carbonyl (C=O) groups excluding carboxylic acids is 2. The molecule has 1 fully saturated rings. The van der Waals surface area contributed by atoms with E-state index in [2.05, 4.69) is 19.2 Å². The third-order valence-corrected chi connectivity index (χ3v) is 4.24. The number of hydrogen-bond donors (Lipinski definition) is 1. The number of amides is 2. The highest BCUT2D eigenvalue weighted by Crippen LogP contribution is 2.28. The summed E-state index contributed by atoms with van der Waals surface area (Å²) in [6, 6.07) is 5.06. The topological polar surface area (TPSA) is 67.9 Å². The maximum absolute atomic E-state index is 12.3. The van der Waals surface area contributed by atoms with Crippen LogP contribution in [-0.2, 0) is 4.79 Å². The first kappa shape index (κ1) is 19.1. The number of carbonyl (C=O) groups is 2. The van der Waals surface area contributed by atoms with E-state index in [-0.39, 0.29) is 18.4 Å². The van der Waals surface area contributed by atoms with E-state index < -0.39 is 0 Å². The molecule has 0 aliphatic carbocycles. The van der Waals surface area contributed by atoms with Crippen molar-refractivity contribution < 1.29 is 19.1 Å². The van der Waals surface area contributed by atoms with E-state index in [4.69, 9.17) is 9.47 Å². The van der Waals surface area contributed by atoms with Gasteiger partial charge in [0.1, 0.15) is 0 Å². The second-order valence-electron chi connectivity index (χ2n) is 6.67. The molecule has 2 amide bonds. The molecule has 0 saturated carbocycles. The van der Waals surface area contributed by atoms with Crippen LogP contribution in [0.15, 0.2) is 18.2 Å². The second-order valence-corrected chi connectivity index (χ2v) is 6.67. The molecule has 1 heterocycles. The minimum atomic E-state index is -0.292. The van der Waals surface area contributed by atoms with Crippen LogP contribution in [0.4, 0.5) is 0 Å². The number of rotatable bonds is 8. The maximum atomic E-state index is 12.3. The van der Waals surface area contributed by atoms with E-state index in [9.17, 15) is 9.59 Å². The van der Waals surface area contributed by atoms with Gasteiger partial charge in [-0.05, 0) is 43.4 Å². The summed E-state index contributed by atoms with van der Waals surface area (Å²) in [5.74, 6) is 1.37. The normalized spacial score (nSPS) is 13.8. The number of nitrogens with one attached hydrogen (secondary N) is 1. The third kappa shape index (κ3) is 5.66. The molecule has 0 atom stereocenters. The van der Waals surface area contributed by atoms with E-state index >= 15 is 0 Å². The Morgan fingerprint density at radius 2 is 1.92 bits per heavy atom. The van der Waals surface area contributed by atoms with Crippen LogP contribution < -0.4 is 14.8 Å². The molecule has 1 saturated heterocycles. The standard InChI is InChI=1S/C19H28N2O4/c1-14(2)8-11-25-16-7-6-15(12-17(16)24-3)19(23)20-13-18(22)21-9-4-5-10-21/h6-7,12,14H,4-5,8-11,13H2,1-3H3,(H,20,23). The molecular formula is C19H28N2O4. The Morgan fingerprint density at radius 1 is 1.20 bits per heavy atom. The molecule has 0 unspecified atom stereocenters. The molecular weight excluding hydrogens is 320 g/mol. The zero-order valence-corrected chi connectivity index (χ0v) is 15.3. The van der Waals surface area contributed by atoms with Crippen molar-refractivity contribution in [2.45, 2.75) is 33.1 Å². The largest absolute Gasteiger partial charge is 0.493 e. The van der Waals surface area contributed by atoms with Crippen LogP contribution in [0.5, 0.6) is 11.5 Å². The zero-order chi connectivity index (χ0) is 18.2. The van der Waals surface area contributed by atoms with Gasteiger partial charge in [0.2, 0.25) is 5.91 Å². The SMILES string of the molecule is COc1cc(C(=O)NCC(=O)N2CCCC2)ccc1OCCC(C)C. The Bertz CT molecular complexity index is 595. The second kappa shape index (κ2) is 9.30. The highest BCUT2D eigenvalue weighted by molar-refractivity contribution is 5.97. The van der Waals surface area contributed by atoms with Crippen LogP contribution in [0.25, 0.3) is 0 Å². The number of ether oxygens (including phenoxy) is 2. The van der Waals surface area contributed by atoms with Crippen LogP contribution >= 0.6 is 0 Å². The van der Waals surface area contributed by atoms with E-state index in [0.29, 0.717) is 29.6 Å². The molecule has 1 aromatic rings. The average molecular weight is 348 g/mol. The van der Waals surface area contributed by atoms with Crippen LogP contribution in [-0.4, -0.2) is 50.1 Å². The average Bonchev–Trinajstić information content (AvgIpc) is 3.14. The Kier molecular flexibility index (Phi) is 7.10. The van der Waals surface area contributed by atoms with Crippen molar-refractivity contribution in [1.29, 1.82) is 0 Å². The Labute approximate surface area is 149 Å². The van der Waals surface area contributed by atoms with Gasteiger partial charge in [0.15, 0.2) is 11.5 Å². The molecule has 138 valence electrons. The van der Waals surface area contributed by atoms with E-state index in [1.807, 2.05) is 0 Å². The van der Waals surface area contributed by atoms with Crippen LogP contribution in [0, 0.1) is 5.92 Å². The first-order chi connectivity index (χ1) is 12.0. The van der Waals surface area contributed by atoms with Crippen molar-refractivity contribution in [2.75, 3.05) is 33.4 Å². The van der Waals surface area contributed by atoms with Crippen molar-refractivity contribution in [3.8, 4) is 11.5 Å². The molecule has 1 N–H and O–H groups in total. The number of likely N-dealkylation sites (tertiary alicyclic amines) is 1. The lowest BCUT2D eigenvalue weighted by Gasteiger charge is -2.16. The Balaban J connectivity index is 1.91. The van der Waals surface area contributed by atoms with E-state index in [1.54, 1.807) is 30.2 Å². The van der Waals surface area contributed by atoms with E-state index in [1.165, 1.54) is 0 Å². The van der Waals surface area contributed by atoms with Gasteiger partial charge < -0.3 is 19.7 Å². The predicted molar refractivity (Wildman–Crippen MR) is 96.1 cm³/mol. The molecule has 0 spiro atoms. The van der Waals surface area contributed by atoms with Gasteiger partial charge in [-0.2, -0.15) is 0 Å². The summed E-state index contributed by atoms with van der Waals surface area (Å²) in [4.78, 5) is 26.1. The molecule has 0 bridgehead atoms. The van der Waals surface area contributed by atoms with Crippen LogP contribution in [0.3, 0.4) is 0 Å². The first-order valence-electron chi connectivity index (χ1n) is 8.88. The number of methoxy groups -OCH3 is 1. The molecule has 25 heavy (non-hydrogen) atoms. The molecule has 1 aromatic carbocycles. The molecule has 0 radical (unpaired) electrons. The lowest BCUT2D eigenvalue weighted by Crippen LogP contribution is -2.38. The van der Waals surface area contributed by atoms with Crippen molar-refractivity contribution in [3.63, 3.8) is 0 Å². The number of nitrogens with zero attached hydrogens (tertiary/aromatic N) is 1. The lowest BCUT2D eigenvalue weighted by molar-refractivity contribution is -0.129. The minimum absolute atomic E-state index is 0.0216. The molecule has 6 heteroatoms. The fraction of sp³-hybridized carbons (Fsp3) is 0.579. The van der Waals surface area contributed by atoms with Gasteiger partial charge in [0.05, 0.1) is 20.3 Å². The summed E-state index contributed by atoms with van der Waals surface area (Å²) < 4.78 is 11.0. The van der Waals surface area contributed by atoms with E-state index in [0.717, 1.165) is 32.4 Å². The Morgan fingerprint density at radius 3 is 2.56 bits per heavy atom. The first-order valence-corrected chi connectivity index (χ1v) is 8.88. The van der Waals surface area contributed by atoms with Crippen molar-refractivity contribution in [3.05, 3.63) is 23.8 Å². The Hall–Kier alpha value is -2.24. The summed E-state index contributed by atoms with van der Waals surface area (Å²) in [6.45, 7) is 6.46. The summed E-state index contributed by atoms with van der Waals surface area (Å²) in [5.41, 5.74) is 0.447. The summed E-state index contributed by atoms with van der Waals surface area (Å²) in [6.07, 6.45) is 3.02. The predicted octanol–water partition coefficient (Wildman–Crippen LogP) is 2.47. The summed E-state index contributed by atoms with van der Waals surface area (Å²) in [7, 11) is 1.54. The fourth-order valence-electron chi connectivity index (χ4n) is 2.67. The van der Waals surface area contributed by atoms with Crippen molar-refractivity contribution >= 4 is 11.8 Å². The zero-order valence-electron chi connectivity index (χ0n) is 15.3. The summed E-state index contributed by atoms with van der Waals surface area (Å²) >= 11 is 0. The highest BCUT2D eigenvalue weighted by Gasteiger charge is 2.19. The summed E-state index contributed by atoms with van der Waals surface area (Å²) in [5, 5.41) is 2.68. The van der Waals surface area contributed by atoms with Gasteiger partial charge in [0.25, 0.3) is 5.91 Å². The molecule has 1 aliphatic heterocycles. The number of benzene rings is 1. The monoisotopic (exact) mass is 348 g/mol. The molecule has 2 rings (SSSR count). The van der Waals surface area contributed by atoms with Gasteiger partial charge in [-0.3, -0.25) is 9.59 Å². The molecule has 6 nitrogen and oxygen atoms in total. The quantitative estimate of drug-likeness (QED) is 0.784. The highest BCUT2D eigenvalue weighted by atomic mass is 16.5. The van der Waals surface area contributed by atoms with Gasteiger partial charge in [-0.25, -0.2) is 0 Å². The third-order valence-electron chi connectivity index (χ3n) is 4.24.